The lowest BCUT2D eigenvalue weighted by Gasteiger charge is -2.22. The van der Waals surface area contributed by atoms with Crippen LogP contribution < -0.4 is 5.73 Å². The summed E-state index contributed by atoms with van der Waals surface area (Å²) in [7, 11) is 0. The van der Waals surface area contributed by atoms with Crippen molar-refractivity contribution in [1.82, 2.24) is 4.90 Å². The minimum absolute atomic E-state index is 0.00467. The SMILES string of the molecule is NCC(=O)C1CN(Cc2ccccc2)CCCO1. The van der Waals surface area contributed by atoms with Gasteiger partial charge in [-0.25, -0.2) is 0 Å². The van der Waals surface area contributed by atoms with E-state index in [0.717, 1.165) is 19.5 Å². The van der Waals surface area contributed by atoms with E-state index in [-0.39, 0.29) is 18.4 Å². The van der Waals surface area contributed by atoms with Gasteiger partial charge in [0.05, 0.1) is 6.54 Å². The van der Waals surface area contributed by atoms with Crippen molar-refractivity contribution < 1.29 is 9.53 Å². The van der Waals surface area contributed by atoms with E-state index in [9.17, 15) is 4.79 Å². The van der Waals surface area contributed by atoms with Crippen LogP contribution in [-0.4, -0.2) is 43.0 Å². The Morgan fingerprint density at radius 1 is 1.39 bits per heavy atom. The first-order valence-electron chi connectivity index (χ1n) is 6.40. The van der Waals surface area contributed by atoms with Gasteiger partial charge in [0.15, 0.2) is 5.78 Å². The molecule has 0 aliphatic carbocycles. The van der Waals surface area contributed by atoms with Crippen LogP contribution in [0.3, 0.4) is 0 Å². The number of Topliss-reactive ketones (excluding diaryl/α,β-unsaturated/α-hetero) is 1. The number of ether oxygens (including phenoxy) is 1. The quantitative estimate of drug-likeness (QED) is 0.856. The highest BCUT2D eigenvalue weighted by molar-refractivity contribution is 5.85. The molecule has 1 aromatic carbocycles. The van der Waals surface area contributed by atoms with Crippen molar-refractivity contribution >= 4 is 5.78 Å². The number of carbonyl (C=O) groups excluding carboxylic acids is 1. The second-order valence-corrected chi connectivity index (χ2v) is 4.60. The molecule has 0 spiro atoms. The highest BCUT2D eigenvalue weighted by atomic mass is 16.5. The minimum Gasteiger partial charge on any atom is -0.369 e. The number of nitrogens with zero attached hydrogens (tertiary/aromatic N) is 1. The van der Waals surface area contributed by atoms with Crippen molar-refractivity contribution in [2.24, 2.45) is 5.73 Å². The van der Waals surface area contributed by atoms with E-state index in [1.54, 1.807) is 0 Å². The minimum atomic E-state index is -0.360. The molecule has 1 aromatic rings. The third kappa shape index (κ3) is 3.63. The molecule has 1 aliphatic heterocycles. The molecule has 1 saturated heterocycles. The molecule has 4 nitrogen and oxygen atoms in total. The van der Waals surface area contributed by atoms with Gasteiger partial charge in [-0.05, 0) is 12.0 Å². The van der Waals surface area contributed by atoms with Crippen molar-refractivity contribution in [2.75, 3.05) is 26.2 Å². The average molecular weight is 248 g/mol. The molecule has 1 aliphatic rings. The fourth-order valence-corrected chi connectivity index (χ4v) is 2.20. The number of ketones is 1. The monoisotopic (exact) mass is 248 g/mol. The summed E-state index contributed by atoms with van der Waals surface area (Å²) in [6, 6.07) is 10.3. The largest absolute Gasteiger partial charge is 0.369 e. The van der Waals surface area contributed by atoms with E-state index in [1.165, 1.54) is 5.56 Å². The number of nitrogens with two attached hydrogens (primary N) is 1. The van der Waals surface area contributed by atoms with Crippen LogP contribution in [0.4, 0.5) is 0 Å². The summed E-state index contributed by atoms with van der Waals surface area (Å²) in [5.41, 5.74) is 6.67. The zero-order valence-corrected chi connectivity index (χ0v) is 10.5. The van der Waals surface area contributed by atoms with Gasteiger partial charge in [-0.15, -0.1) is 0 Å². The van der Waals surface area contributed by atoms with Gasteiger partial charge in [-0.3, -0.25) is 9.69 Å². The second kappa shape index (κ2) is 6.64. The molecule has 1 fully saturated rings. The highest BCUT2D eigenvalue weighted by Crippen LogP contribution is 2.11. The van der Waals surface area contributed by atoms with E-state index in [4.69, 9.17) is 10.5 Å². The van der Waals surface area contributed by atoms with Crippen molar-refractivity contribution in [3.8, 4) is 0 Å². The van der Waals surface area contributed by atoms with Gasteiger partial charge in [-0.1, -0.05) is 30.3 Å². The van der Waals surface area contributed by atoms with Crippen LogP contribution in [0.15, 0.2) is 30.3 Å². The van der Waals surface area contributed by atoms with E-state index in [2.05, 4.69) is 17.0 Å². The summed E-state index contributed by atoms with van der Waals surface area (Å²) >= 11 is 0. The van der Waals surface area contributed by atoms with Crippen LogP contribution in [0, 0.1) is 0 Å². The van der Waals surface area contributed by atoms with Crippen LogP contribution in [0.2, 0.25) is 0 Å². The summed E-state index contributed by atoms with van der Waals surface area (Å²) in [6.07, 6.45) is 0.600. The summed E-state index contributed by atoms with van der Waals surface area (Å²) in [5.74, 6) is -0.00467. The topological polar surface area (TPSA) is 55.6 Å². The maximum Gasteiger partial charge on any atom is 0.176 e. The first-order chi connectivity index (χ1) is 8.79. The first-order valence-corrected chi connectivity index (χ1v) is 6.40. The lowest BCUT2D eigenvalue weighted by molar-refractivity contribution is -0.129. The normalized spacial score (nSPS) is 21.5. The van der Waals surface area contributed by atoms with Crippen LogP contribution >= 0.6 is 0 Å². The zero-order chi connectivity index (χ0) is 12.8. The lowest BCUT2D eigenvalue weighted by Crippen LogP contribution is -2.39. The highest BCUT2D eigenvalue weighted by Gasteiger charge is 2.23. The van der Waals surface area contributed by atoms with Gasteiger partial charge < -0.3 is 10.5 Å². The third-order valence-corrected chi connectivity index (χ3v) is 3.17. The molecular weight excluding hydrogens is 228 g/mol. The summed E-state index contributed by atoms with van der Waals surface area (Å²) < 4.78 is 5.55. The van der Waals surface area contributed by atoms with Gasteiger partial charge in [0.25, 0.3) is 0 Å². The van der Waals surface area contributed by atoms with Gasteiger partial charge in [0.1, 0.15) is 6.10 Å². The van der Waals surface area contributed by atoms with Crippen LogP contribution in [0.1, 0.15) is 12.0 Å². The Morgan fingerprint density at radius 3 is 2.89 bits per heavy atom. The summed E-state index contributed by atoms with van der Waals surface area (Å²) in [5, 5.41) is 0. The Hall–Kier alpha value is -1.23. The summed E-state index contributed by atoms with van der Waals surface area (Å²) in [4.78, 5) is 13.9. The second-order valence-electron chi connectivity index (χ2n) is 4.60. The van der Waals surface area contributed by atoms with E-state index < -0.39 is 0 Å². The molecule has 98 valence electrons. The van der Waals surface area contributed by atoms with Gasteiger partial charge >= 0.3 is 0 Å². The van der Waals surface area contributed by atoms with E-state index >= 15 is 0 Å². The van der Waals surface area contributed by atoms with Crippen molar-refractivity contribution in [1.29, 1.82) is 0 Å². The molecule has 0 radical (unpaired) electrons. The van der Waals surface area contributed by atoms with Gasteiger partial charge in [0, 0.05) is 26.2 Å². The van der Waals surface area contributed by atoms with E-state index in [0.29, 0.717) is 13.2 Å². The maximum absolute atomic E-state index is 11.6. The molecule has 2 N–H and O–H groups in total. The molecule has 1 unspecified atom stereocenters. The van der Waals surface area contributed by atoms with Crippen LogP contribution in [-0.2, 0) is 16.1 Å². The fraction of sp³-hybridized carbons (Fsp3) is 0.500. The van der Waals surface area contributed by atoms with Gasteiger partial charge in [0.2, 0.25) is 0 Å². The molecule has 1 heterocycles. The molecule has 1 atom stereocenters. The maximum atomic E-state index is 11.6. The Kier molecular flexibility index (Phi) is 4.87. The summed E-state index contributed by atoms with van der Waals surface area (Å²) in [6.45, 7) is 3.16. The third-order valence-electron chi connectivity index (χ3n) is 3.17. The number of benzene rings is 1. The van der Waals surface area contributed by atoms with Crippen molar-refractivity contribution in [2.45, 2.75) is 19.1 Å². The number of rotatable bonds is 4. The molecule has 18 heavy (non-hydrogen) atoms. The molecule has 4 heteroatoms. The van der Waals surface area contributed by atoms with Crippen LogP contribution in [0.25, 0.3) is 0 Å². The standard InChI is InChI=1S/C14H20N2O2/c15-9-13(17)14-11-16(7-4-8-18-14)10-12-5-2-1-3-6-12/h1-3,5-6,14H,4,7-11,15H2. The number of hydrogen-bond donors (Lipinski definition) is 1. The number of carbonyl (C=O) groups is 1. The predicted octanol–water partition coefficient (Wildman–Crippen LogP) is 0.805. The molecule has 0 amide bonds. The van der Waals surface area contributed by atoms with Crippen molar-refractivity contribution in [3.63, 3.8) is 0 Å². The Morgan fingerprint density at radius 2 is 2.17 bits per heavy atom. The fourth-order valence-electron chi connectivity index (χ4n) is 2.20. The Labute approximate surface area is 108 Å². The van der Waals surface area contributed by atoms with Gasteiger partial charge in [-0.2, -0.15) is 0 Å². The predicted molar refractivity (Wildman–Crippen MR) is 70.1 cm³/mol. The molecular formula is C14H20N2O2. The Bertz CT molecular complexity index is 381. The lowest BCUT2D eigenvalue weighted by atomic mass is 10.1. The smallest absolute Gasteiger partial charge is 0.176 e. The Balaban J connectivity index is 1.97. The first kappa shape index (κ1) is 13.2. The molecule has 2 rings (SSSR count). The van der Waals surface area contributed by atoms with Crippen molar-refractivity contribution in [3.05, 3.63) is 35.9 Å². The average Bonchev–Trinajstić information content (AvgIpc) is 2.65. The molecule has 0 bridgehead atoms. The van der Waals surface area contributed by atoms with Crippen LogP contribution in [0.5, 0.6) is 0 Å². The zero-order valence-electron chi connectivity index (χ0n) is 10.5. The number of hydrogen-bond acceptors (Lipinski definition) is 4. The molecule has 0 saturated carbocycles. The molecule has 0 aromatic heterocycles. The van der Waals surface area contributed by atoms with E-state index in [1.807, 2.05) is 18.2 Å².